The van der Waals surface area contributed by atoms with Gasteiger partial charge in [0, 0.05) is 19.8 Å². The molecule has 2 aliphatic heterocycles. The molecule has 0 aliphatic carbocycles. The summed E-state index contributed by atoms with van der Waals surface area (Å²) in [6, 6.07) is 2.26. The number of nitrogens with zero attached hydrogens (tertiary/aromatic N) is 4. The number of carbonyl (C=O) groups is 1. The van der Waals surface area contributed by atoms with Crippen LogP contribution >= 0.6 is 0 Å². The summed E-state index contributed by atoms with van der Waals surface area (Å²) in [6.07, 6.45) is 6.69. The quantitative estimate of drug-likeness (QED) is 0.823. The molecule has 0 saturated carbocycles. The Balaban J connectivity index is 1.67. The Morgan fingerprint density at radius 1 is 1.52 bits per heavy atom. The molecule has 6 nitrogen and oxygen atoms in total. The number of likely N-dealkylation sites (N-methyl/N-ethyl adjacent to an activating group) is 1. The number of carbonyl (C=O) groups excluding carboxylic acids is 1. The van der Waals surface area contributed by atoms with Crippen molar-refractivity contribution >= 4 is 18.6 Å². The molecule has 1 aromatic rings. The molecule has 1 unspecified atom stereocenters. The van der Waals surface area contributed by atoms with Gasteiger partial charge in [-0.1, -0.05) is 13.2 Å². The summed E-state index contributed by atoms with van der Waals surface area (Å²) < 4.78 is 1.88. The van der Waals surface area contributed by atoms with E-state index in [1.165, 1.54) is 0 Å². The van der Waals surface area contributed by atoms with E-state index in [4.69, 9.17) is 0 Å². The number of amides is 2. The van der Waals surface area contributed by atoms with E-state index in [9.17, 15) is 9.82 Å². The number of hydrogen-bond acceptors (Lipinski definition) is 3. The highest BCUT2D eigenvalue weighted by atomic mass is 16.2. The lowest BCUT2D eigenvalue weighted by atomic mass is 9.67. The monoisotopic (exact) mass is 288 g/mol. The first-order chi connectivity index (χ1) is 10.0. The van der Waals surface area contributed by atoms with Crippen molar-refractivity contribution in [2.75, 3.05) is 20.1 Å². The zero-order chi connectivity index (χ0) is 15.0. The lowest BCUT2D eigenvalue weighted by Crippen LogP contribution is -2.31. The molecular weight excluding hydrogens is 267 g/mol. The van der Waals surface area contributed by atoms with Crippen molar-refractivity contribution in [2.24, 2.45) is 0 Å². The predicted octanol–water partition coefficient (Wildman–Crippen LogP) is 1.02. The van der Waals surface area contributed by atoms with Crippen molar-refractivity contribution in [3.63, 3.8) is 0 Å². The van der Waals surface area contributed by atoms with Gasteiger partial charge in [-0.25, -0.2) is 9.48 Å². The molecule has 7 heteroatoms. The van der Waals surface area contributed by atoms with E-state index in [2.05, 4.69) is 11.2 Å². The van der Waals surface area contributed by atoms with Gasteiger partial charge in [-0.2, -0.15) is 5.10 Å². The average Bonchev–Trinajstić information content (AvgIpc) is 2.99. The van der Waals surface area contributed by atoms with E-state index in [0.717, 1.165) is 37.1 Å². The lowest BCUT2D eigenvalue weighted by Gasteiger charge is -2.21. The summed E-state index contributed by atoms with van der Waals surface area (Å²) in [6.45, 7) is 2.96. The lowest BCUT2D eigenvalue weighted by molar-refractivity contribution is 0.201. The van der Waals surface area contributed by atoms with Crippen LogP contribution in [0.3, 0.4) is 0 Å². The number of aromatic nitrogens is 2. The van der Waals surface area contributed by atoms with E-state index < -0.39 is 0 Å². The number of fused-ring (bicyclic) bond motifs is 2. The predicted molar refractivity (Wildman–Crippen MR) is 82.0 cm³/mol. The first-order valence-corrected chi connectivity index (χ1v) is 7.50. The van der Waals surface area contributed by atoms with Gasteiger partial charge >= 0.3 is 6.03 Å². The van der Waals surface area contributed by atoms with Crippen molar-refractivity contribution in [3.05, 3.63) is 24.0 Å². The van der Waals surface area contributed by atoms with Crippen molar-refractivity contribution < 1.29 is 9.82 Å². The van der Waals surface area contributed by atoms with Crippen LogP contribution in [0.15, 0.2) is 18.3 Å². The third-order valence-corrected chi connectivity index (χ3v) is 4.21. The molecule has 2 bridgehead atoms. The van der Waals surface area contributed by atoms with Crippen LogP contribution in [0.1, 0.15) is 12.1 Å². The van der Waals surface area contributed by atoms with Crippen molar-refractivity contribution in [3.8, 4) is 0 Å². The summed E-state index contributed by atoms with van der Waals surface area (Å²) in [5, 5.41) is 13.9. The zero-order valence-electron chi connectivity index (χ0n) is 12.6. The first-order valence-electron chi connectivity index (χ1n) is 7.50. The van der Waals surface area contributed by atoms with Gasteiger partial charge in [0.1, 0.15) is 0 Å². The minimum atomic E-state index is -0.252. The van der Waals surface area contributed by atoms with Gasteiger partial charge in [0.05, 0.1) is 24.0 Å². The molecule has 112 valence electrons. The molecule has 3 heterocycles. The Labute approximate surface area is 125 Å². The molecule has 1 atom stereocenters. The molecule has 21 heavy (non-hydrogen) atoms. The number of hydrogen-bond donors (Lipinski definition) is 1. The molecule has 2 aliphatic rings. The van der Waals surface area contributed by atoms with E-state index in [1.807, 2.05) is 35.7 Å². The fraction of sp³-hybridized carbons (Fsp3) is 0.571. The Hall–Kier alpha value is -1.76. The Morgan fingerprint density at radius 3 is 3.05 bits per heavy atom. The van der Waals surface area contributed by atoms with Crippen molar-refractivity contribution in [2.45, 2.75) is 32.0 Å². The molecule has 3 rings (SSSR count). The maximum atomic E-state index is 11.9. The van der Waals surface area contributed by atoms with Crippen LogP contribution in [0.5, 0.6) is 0 Å². The highest BCUT2D eigenvalue weighted by Crippen LogP contribution is 2.24. The van der Waals surface area contributed by atoms with Gasteiger partial charge in [-0.05, 0) is 24.9 Å². The molecule has 1 aromatic heterocycles. The van der Waals surface area contributed by atoms with Crippen LogP contribution in [0.4, 0.5) is 4.79 Å². The maximum absolute atomic E-state index is 11.9. The fourth-order valence-corrected chi connectivity index (χ4v) is 2.94. The maximum Gasteiger partial charge on any atom is 0.320 e. The third kappa shape index (κ3) is 2.83. The zero-order valence-corrected chi connectivity index (χ0v) is 12.6. The van der Waals surface area contributed by atoms with Gasteiger partial charge in [-0.15, -0.1) is 0 Å². The largest absolute Gasteiger partial charge is 0.451 e. The molecule has 0 aromatic carbocycles. The van der Waals surface area contributed by atoms with Crippen LogP contribution in [0.2, 0.25) is 13.1 Å². The van der Waals surface area contributed by atoms with Crippen LogP contribution in [0, 0.1) is 0 Å². The van der Waals surface area contributed by atoms with Gasteiger partial charge in [-0.3, -0.25) is 0 Å². The number of urea groups is 1. The minimum Gasteiger partial charge on any atom is -0.451 e. The minimum absolute atomic E-state index is 0.0931. The molecule has 2 amide bonds. The molecule has 1 saturated heterocycles. The van der Waals surface area contributed by atoms with E-state index >= 15 is 0 Å². The number of rotatable bonds is 5. The Kier molecular flexibility index (Phi) is 3.76. The SMILES string of the molecule is CB(O)CCCc1ccn(C2=CC3CN(C2)C(=O)N3C)n1. The summed E-state index contributed by atoms with van der Waals surface area (Å²) in [4.78, 5) is 15.6. The normalized spacial score (nSPS) is 21.0. The van der Waals surface area contributed by atoms with Crippen LogP contribution in [-0.2, 0) is 6.42 Å². The highest BCUT2D eigenvalue weighted by molar-refractivity contribution is 6.48. The molecule has 1 N–H and O–H groups in total. The van der Waals surface area contributed by atoms with Gasteiger partial charge < -0.3 is 14.8 Å². The van der Waals surface area contributed by atoms with Crippen LogP contribution < -0.4 is 0 Å². The Morgan fingerprint density at radius 2 is 2.33 bits per heavy atom. The number of aryl methyl sites for hydroxylation is 1. The second kappa shape index (κ2) is 5.56. The van der Waals surface area contributed by atoms with Gasteiger partial charge in [0.25, 0.3) is 6.92 Å². The second-order valence-corrected chi connectivity index (χ2v) is 5.99. The molecular formula is C14H21BN4O2. The topological polar surface area (TPSA) is 61.6 Å². The molecule has 0 radical (unpaired) electrons. The van der Waals surface area contributed by atoms with Crippen LogP contribution in [0.25, 0.3) is 5.70 Å². The third-order valence-electron chi connectivity index (χ3n) is 4.21. The van der Waals surface area contributed by atoms with Crippen molar-refractivity contribution in [1.82, 2.24) is 19.6 Å². The van der Waals surface area contributed by atoms with E-state index in [-0.39, 0.29) is 19.0 Å². The van der Waals surface area contributed by atoms with Gasteiger partial charge in [0.15, 0.2) is 0 Å². The molecule has 0 spiro atoms. The molecule has 1 fully saturated rings. The highest BCUT2D eigenvalue weighted by Gasteiger charge is 2.37. The van der Waals surface area contributed by atoms with E-state index in [1.54, 1.807) is 4.90 Å². The summed E-state index contributed by atoms with van der Waals surface area (Å²) in [5.41, 5.74) is 2.09. The average molecular weight is 288 g/mol. The second-order valence-electron chi connectivity index (χ2n) is 5.99. The summed E-state index contributed by atoms with van der Waals surface area (Å²) in [7, 11) is 1.84. The van der Waals surface area contributed by atoms with Gasteiger partial charge in [0.2, 0.25) is 0 Å². The fourth-order valence-electron chi connectivity index (χ4n) is 2.94. The summed E-state index contributed by atoms with van der Waals surface area (Å²) in [5.74, 6) is 0. The van der Waals surface area contributed by atoms with Crippen LogP contribution in [-0.4, -0.2) is 63.7 Å². The van der Waals surface area contributed by atoms with Crippen molar-refractivity contribution in [1.29, 1.82) is 0 Å². The standard InChI is InChI=1S/C14H21BN4O2/c1-15(21)6-3-4-11-5-7-19(16-11)13-8-12-9-18(10-13)14(20)17(12)2/h5,7-8,12,21H,3-4,6,9-10H2,1-2H3. The smallest absolute Gasteiger partial charge is 0.320 e. The first kappa shape index (κ1) is 14.2. The summed E-state index contributed by atoms with van der Waals surface area (Å²) >= 11 is 0. The Bertz CT molecular complexity index is 569. The van der Waals surface area contributed by atoms with E-state index in [0.29, 0.717) is 6.54 Å².